The molecule has 0 saturated heterocycles. The highest BCUT2D eigenvalue weighted by Crippen LogP contribution is 2.29. The molecule has 15 heavy (non-hydrogen) atoms. The molecule has 0 radical (unpaired) electrons. The van der Waals surface area contributed by atoms with Crippen molar-refractivity contribution in [3.8, 4) is 11.9 Å². The molecule has 1 fully saturated rings. The molecule has 1 aliphatic carbocycles. The molecular weight excluding hydrogens is 190 g/mol. The van der Waals surface area contributed by atoms with Gasteiger partial charge in [0, 0.05) is 12.1 Å². The van der Waals surface area contributed by atoms with Gasteiger partial charge in [-0.05, 0) is 18.9 Å². The van der Waals surface area contributed by atoms with Crippen LogP contribution in [0.5, 0.6) is 5.88 Å². The lowest BCUT2D eigenvalue weighted by atomic mass is 9.81. The first kappa shape index (κ1) is 9.78. The number of nitrogens with one attached hydrogen (secondary N) is 1. The second-order valence-electron chi connectivity index (χ2n) is 3.73. The number of nitriles is 1. The van der Waals surface area contributed by atoms with Crippen molar-refractivity contribution in [3.05, 3.63) is 18.3 Å². The van der Waals surface area contributed by atoms with Gasteiger partial charge in [0.2, 0.25) is 5.88 Å². The highest BCUT2D eigenvalue weighted by Gasteiger charge is 2.28. The fourth-order valence-corrected chi connectivity index (χ4v) is 1.66. The zero-order chi connectivity index (χ0) is 10.7. The predicted molar refractivity (Wildman–Crippen MR) is 56.5 cm³/mol. The van der Waals surface area contributed by atoms with Gasteiger partial charge in [0.1, 0.15) is 0 Å². The van der Waals surface area contributed by atoms with E-state index in [-0.39, 0.29) is 5.92 Å². The average Bonchev–Trinajstić information content (AvgIpc) is 2.23. The number of nitrogens with zero attached hydrogens (tertiary/aromatic N) is 2. The first-order valence-corrected chi connectivity index (χ1v) is 4.98. The van der Waals surface area contributed by atoms with Gasteiger partial charge < -0.3 is 10.1 Å². The Bertz CT molecular complexity index is 362. The van der Waals surface area contributed by atoms with Gasteiger partial charge in [0.25, 0.3) is 0 Å². The fraction of sp³-hybridized carbons (Fsp3) is 0.455. The Morgan fingerprint density at radius 3 is 2.87 bits per heavy atom. The lowest BCUT2D eigenvalue weighted by molar-refractivity contribution is 0.353. The minimum absolute atomic E-state index is 0.230. The Labute approximate surface area is 88.9 Å². The van der Waals surface area contributed by atoms with Crippen molar-refractivity contribution < 1.29 is 4.74 Å². The summed E-state index contributed by atoms with van der Waals surface area (Å²) in [5.41, 5.74) is 0.984. The van der Waals surface area contributed by atoms with Crippen LogP contribution in [0.2, 0.25) is 0 Å². The first-order chi connectivity index (χ1) is 7.31. The number of rotatable bonds is 3. The summed E-state index contributed by atoms with van der Waals surface area (Å²) in [4.78, 5) is 4.10. The van der Waals surface area contributed by atoms with Gasteiger partial charge in [-0.1, -0.05) is 0 Å². The largest absolute Gasteiger partial charge is 0.481 e. The molecule has 1 aromatic rings. The van der Waals surface area contributed by atoms with Gasteiger partial charge in [-0.3, -0.25) is 0 Å². The zero-order valence-corrected chi connectivity index (χ0v) is 8.60. The average molecular weight is 203 g/mol. The van der Waals surface area contributed by atoms with Gasteiger partial charge in [-0.15, -0.1) is 0 Å². The number of ether oxygens (including phenoxy) is 1. The molecule has 4 heteroatoms. The highest BCUT2D eigenvalue weighted by atomic mass is 16.5. The van der Waals surface area contributed by atoms with E-state index in [0.29, 0.717) is 11.9 Å². The van der Waals surface area contributed by atoms with E-state index in [1.807, 2.05) is 12.1 Å². The topological polar surface area (TPSA) is 57.9 Å². The minimum Gasteiger partial charge on any atom is -0.481 e. The summed E-state index contributed by atoms with van der Waals surface area (Å²) in [5.74, 6) is 0.845. The number of anilines is 1. The summed E-state index contributed by atoms with van der Waals surface area (Å²) in [6.07, 6.45) is 3.61. The molecule has 0 spiro atoms. The van der Waals surface area contributed by atoms with Crippen LogP contribution in [-0.2, 0) is 0 Å². The second kappa shape index (κ2) is 4.18. The molecule has 0 atom stereocenters. The van der Waals surface area contributed by atoms with Gasteiger partial charge in [-0.2, -0.15) is 5.26 Å². The van der Waals surface area contributed by atoms with Crippen LogP contribution in [0.4, 0.5) is 5.69 Å². The number of aromatic nitrogens is 1. The van der Waals surface area contributed by atoms with Crippen molar-refractivity contribution in [1.82, 2.24) is 4.98 Å². The zero-order valence-electron chi connectivity index (χ0n) is 8.60. The SMILES string of the molecule is COc1ccc(NC2CC(C#N)C2)cn1. The number of methoxy groups -OCH3 is 1. The Balaban J connectivity index is 1.87. The maximum atomic E-state index is 8.63. The Kier molecular flexibility index (Phi) is 2.72. The molecule has 0 bridgehead atoms. The molecule has 0 aromatic carbocycles. The van der Waals surface area contributed by atoms with Crippen LogP contribution >= 0.6 is 0 Å². The molecule has 1 N–H and O–H groups in total. The smallest absolute Gasteiger partial charge is 0.213 e. The van der Waals surface area contributed by atoms with Crippen LogP contribution in [0.3, 0.4) is 0 Å². The number of hydrogen-bond donors (Lipinski definition) is 1. The van der Waals surface area contributed by atoms with Crippen LogP contribution in [0.25, 0.3) is 0 Å². The maximum absolute atomic E-state index is 8.63. The van der Waals surface area contributed by atoms with E-state index >= 15 is 0 Å². The third kappa shape index (κ3) is 2.18. The van der Waals surface area contributed by atoms with E-state index in [9.17, 15) is 0 Å². The number of pyridine rings is 1. The Morgan fingerprint density at radius 2 is 2.33 bits per heavy atom. The Hall–Kier alpha value is -1.76. The van der Waals surface area contributed by atoms with Gasteiger partial charge in [0.05, 0.1) is 31.0 Å². The van der Waals surface area contributed by atoms with E-state index in [2.05, 4.69) is 16.4 Å². The molecule has 0 unspecified atom stereocenters. The van der Waals surface area contributed by atoms with Crippen molar-refractivity contribution in [3.63, 3.8) is 0 Å². The van der Waals surface area contributed by atoms with Crippen molar-refractivity contribution >= 4 is 5.69 Å². The standard InChI is InChI=1S/C11H13N3O/c1-15-11-3-2-9(7-13-11)14-10-4-8(5-10)6-12/h2-3,7-8,10,14H,4-5H2,1H3. The highest BCUT2D eigenvalue weighted by molar-refractivity contribution is 5.43. The van der Waals surface area contributed by atoms with Gasteiger partial charge >= 0.3 is 0 Å². The molecule has 1 aliphatic rings. The van der Waals surface area contributed by atoms with Crippen molar-refractivity contribution in [1.29, 1.82) is 5.26 Å². The fourth-order valence-electron chi connectivity index (χ4n) is 1.66. The van der Waals surface area contributed by atoms with Crippen molar-refractivity contribution in [2.45, 2.75) is 18.9 Å². The summed E-state index contributed by atoms with van der Waals surface area (Å²) < 4.78 is 4.97. The summed E-state index contributed by atoms with van der Waals surface area (Å²) in [6, 6.07) is 6.44. The third-order valence-corrected chi connectivity index (χ3v) is 2.64. The van der Waals surface area contributed by atoms with Crippen LogP contribution in [0.1, 0.15) is 12.8 Å². The summed E-state index contributed by atoms with van der Waals surface area (Å²) in [7, 11) is 1.60. The molecule has 1 aromatic heterocycles. The summed E-state index contributed by atoms with van der Waals surface area (Å²) in [5, 5.41) is 12.0. The minimum atomic E-state index is 0.230. The first-order valence-electron chi connectivity index (χ1n) is 4.98. The molecule has 4 nitrogen and oxygen atoms in total. The van der Waals surface area contributed by atoms with Crippen LogP contribution < -0.4 is 10.1 Å². The molecule has 78 valence electrons. The van der Waals surface area contributed by atoms with Crippen LogP contribution in [0.15, 0.2) is 18.3 Å². The lowest BCUT2D eigenvalue weighted by Crippen LogP contribution is -2.34. The molecule has 2 rings (SSSR count). The van der Waals surface area contributed by atoms with E-state index in [1.54, 1.807) is 13.3 Å². The molecule has 0 amide bonds. The van der Waals surface area contributed by atoms with E-state index in [1.165, 1.54) is 0 Å². The van der Waals surface area contributed by atoms with Crippen LogP contribution in [-0.4, -0.2) is 18.1 Å². The molecular formula is C11H13N3O. The van der Waals surface area contributed by atoms with Crippen molar-refractivity contribution in [2.75, 3.05) is 12.4 Å². The summed E-state index contributed by atoms with van der Waals surface area (Å²) >= 11 is 0. The second-order valence-corrected chi connectivity index (χ2v) is 3.73. The van der Waals surface area contributed by atoms with E-state index in [0.717, 1.165) is 18.5 Å². The predicted octanol–water partition coefficient (Wildman–Crippen LogP) is 1.80. The molecule has 1 saturated carbocycles. The van der Waals surface area contributed by atoms with Gasteiger partial charge in [0.15, 0.2) is 0 Å². The lowest BCUT2D eigenvalue weighted by Gasteiger charge is -2.31. The normalized spacial score (nSPS) is 23.7. The van der Waals surface area contributed by atoms with Crippen LogP contribution in [0, 0.1) is 17.2 Å². The van der Waals surface area contributed by atoms with E-state index < -0.39 is 0 Å². The quantitative estimate of drug-likeness (QED) is 0.813. The number of hydrogen-bond acceptors (Lipinski definition) is 4. The van der Waals surface area contributed by atoms with Gasteiger partial charge in [-0.25, -0.2) is 4.98 Å². The van der Waals surface area contributed by atoms with Crippen molar-refractivity contribution in [2.24, 2.45) is 5.92 Å². The molecule has 0 aliphatic heterocycles. The monoisotopic (exact) mass is 203 g/mol. The molecule has 1 heterocycles. The van der Waals surface area contributed by atoms with E-state index in [4.69, 9.17) is 10.00 Å². The maximum Gasteiger partial charge on any atom is 0.213 e. The summed E-state index contributed by atoms with van der Waals surface area (Å²) in [6.45, 7) is 0. The Morgan fingerprint density at radius 1 is 1.53 bits per heavy atom. The third-order valence-electron chi connectivity index (χ3n) is 2.64.